The van der Waals surface area contributed by atoms with Gasteiger partial charge >= 0.3 is 0 Å². The summed E-state index contributed by atoms with van der Waals surface area (Å²) in [5, 5.41) is 2.75. The first-order chi connectivity index (χ1) is 12.7. The van der Waals surface area contributed by atoms with Crippen LogP contribution in [0.5, 0.6) is 0 Å². The Balaban J connectivity index is 2.23. The van der Waals surface area contributed by atoms with Crippen molar-refractivity contribution >= 4 is 33.4 Å². The van der Waals surface area contributed by atoms with Crippen LogP contribution in [-0.2, 0) is 14.8 Å². The lowest BCUT2D eigenvalue weighted by Gasteiger charge is -2.19. The van der Waals surface area contributed by atoms with Crippen molar-refractivity contribution in [2.75, 3.05) is 17.3 Å². The van der Waals surface area contributed by atoms with Crippen LogP contribution in [-0.4, -0.2) is 32.4 Å². The van der Waals surface area contributed by atoms with E-state index in [0.717, 1.165) is 17.2 Å². The number of rotatable bonds is 8. The van der Waals surface area contributed by atoms with Gasteiger partial charge in [0.15, 0.2) is 0 Å². The fourth-order valence-electron chi connectivity index (χ4n) is 2.67. The number of hydrogen-bond donors (Lipinski definition) is 2. The van der Waals surface area contributed by atoms with E-state index in [-0.39, 0.29) is 6.42 Å². The molecule has 1 amide bonds. The summed E-state index contributed by atoms with van der Waals surface area (Å²) in [6.07, 6.45) is 2.15. The summed E-state index contributed by atoms with van der Waals surface area (Å²) in [4.78, 5) is 12.2. The Labute approximate surface area is 163 Å². The Kier molecular flexibility index (Phi) is 7.41. The van der Waals surface area contributed by atoms with Gasteiger partial charge in [0.2, 0.25) is 15.9 Å². The molecule has 0 radical (unpaired) electrons. The Hall–Kier alpha value is -1.90. The van der Waals surface area contributed by atoms with Crippen molar-refractivity contribution in [1.29, 1.82) is 0 Å². The standard InChI is InChI=1S/C19H23FN2O3S2/c1-13-10-14(2)12-15(11-13)21-19(23)17(8-9-26-3)22-27(24,25)18-7-5-4-6-16(18)20/h4-7,10-12,17,22H,8-9H2,1-3H3,(H,21,23)/t17-/m1/s1. The Morgan fingerprint density at radius 1 is 1.15 bits per heavy atom. The van der Waals surface area contributed by atoms with Crippen LogP contribution in [0.2, 0.25) is 0 Å². The van der Waals surface area contributed by atoms with Crippen LogP contribution in [0.1, 0.15) is 17.5 Å². The normalized spacial score (nSPS) is 12.6. The van der Waals surface area contributed by atoms with Gasteiger partial charge in [0.05, 0.1) is 0 Å². The second kappa shape index (κ2) is 9.34. The molecule has 0 bridgehead atoms. The van der Waals surface area contributed by atoms with Crippen LogP contribution in [0.4, 0.5) is 10.1 Å². The highest BCUT2D eigenvalue weighted by Crippen LogP contribution is 2.17. The molecule has 2 rings (SSSR count). The van der Waals surface area contributed by atoms with Crippen LogP contribution in [0.25, 0.3) is 0 Å². The zero-order chi connectivity index (χ0) is 20.0. The maximum Gasteiger partial charge on any atom is 0.244 e. The van der Waals surface area contributed by atoms with Gasteiger partial charge in [0.1, 0.15) is 16.8 Å². The molecule has 0 saturated heterocycles. The van der Waals surface area contributed by atoms with Crippen molar-refractivity contribution in [3.05, 3.63) is 59.4 Å². The van der Waals surface area contributed by atoms with Gasteiger partial charge in [0, 0.05) is 5.69 Å². The van der Waals surface area contributed by atoms with Gasteiger partial charge in [-0.25, -0.2) is 12.8 Å². The van der Waals surface area contributed by atoms with Gasteiger partial charge in [-0.3, -0.25) is 4.79 Å². The molecule has 27 heavy (non-hydrogen) atoms. The Bertz CT molecular complexity index is 897. The molecule has 0 heterocycles. The van der Waals surface area contributed by atoms with Crippen LogP contribution in [0.15, 0.2) is 47.4 Å². The fourth-order valence-corrected chi connectivity index (χ4v) is 4.45. The van der Waals surface area contributed by atoms with Crippen molar-refractivity contribution in [1.82, 2.24) is 4.72 Å². The second-order valence-corrected chi connectivity index (χ2v) is 8.92. The Morgan fingerprint density at radius 2 is 1.78 bits per heavy atom. The molecule has 0 aliphatic rings. The number of carbonyl (C=O) groups is 1. The predicted molar refractivity (Wildman–Crippen MR) is 108 cm³/mol. The topological polar surface area (TPSA) is 75.3 Å². The largest absolute Gasteiger partial charge is 0.325 e. The van der Waals surface area contributed by atoms with Gasteiger partial charge in [-0.1, -0.05) is 18.2 Å². The smallest absolute Gasteiger partial charge is 0.244 e. The zero-order valence-electron chi connectivity index (χ0n) is 15.5. The number of benzene rings is 2. The molecule has 146 valence electrons. The second-order valence-electron chi connectivity index (χ2n) is 6.25. The van der Waals surface area contributed by atoms with Gasteiger partial charge in [-0.15, -0.1) is 0 Å². The van der Waals surface area contributed by atoms with Gasteiger partial charge in [0.25, 0.3) is 0 Å². The summed E-state index contributed by atoms with van der Waals surface area (Å²) in [5.41, 5.74) is 2.56. The number of nitrogens with one attached hydrogen (secondary N) is 2. The maximum absolute atomic E-state index is 13.9. The first-order valence-electron chi connectivity index (χ1n) is 8.38. The number of carbonyl (C=O) groups excluding carboxylic acids is 1. The van der Waals surface area contributed by atoms with E-state index in [2.05, 4.69) is 10.0 Å². The SMILES string of the molecule is CSCC[C@@H](NS(=O)(=O)c1ccccc1F)C(=O)Nc1cc(C)cc(C)c1. The van der Waals surface area contributed by atoms with Crippen molar-refractivity contribution in [3.8, 4) is 0 Å². The summed E-state index contributed by atoms with van der Waals surface area (Å²) in [7, 11) is -4.17. The number of halogens is 1. The average Bonchev–Trinajstić information content (AvgIpc) is 2.57. The van der Waals surface area contributed by atoms with E-state index >= 15 is 0 Å². The first-order valence-corrected chi connectivity index (χ1v) is 11.3. The third-order valence-corrected chi connectivity index (χ3v) is 5.99. The van der Waals surface area contributed by atoms with Crippen LogP contribution in [0, 0.1) is 19.7 Å². The number of anilines is 1. The molecule has 0 saturated carbocycles. The van der Waals surface area contributed by atoms with Gasteiger partial charge < -0.3 is 5.32 Å². The highest BCUT2D eigenvalue weighted by atomic mass is 32.2. The number of sulfonamides is 1. The minimum atomic E-state index is -4.17. The third kappa shape index (κ3) is 6.05. The molecule has 2 N–H and O–H groups in total. The highest BCUT2D eigenvalue weighted by Gasteiger charge is 2.27. The van der Waals surface area contributed by atoms with Crippen LogP contribution < -0.4 is 10.0 Å². The van der Waals surface area contributed by atoms with Crippen molar-refractivity contribution in [3.63, 3.8) is 0 Å². The monoisotopic (exact) mass is 410 g/mol. The highest BCUT2D eigenvalue weighted by molar-refractivity contribution is 7.98. The van der Waals surface area contributed by atoms with Crippen molar-refractivity contribution in [2.24, 2.45) is 0 Å². The van der Waals surface area contributed by atoms with Gasteiger partial charge in [-0.2, -0.15) is 16.5 Å². The molecular formula is C19H23FN2O3S2. The molecule has 2 aromatic carbocycles. The van der Waals surface area contributed by atoms with Crippen molar-refractivity contribution in [2.45, 2.75) is 31.2 Å². The summed E-state index contributed by atoms with van der Waals surface area (Å²) in [5.74, 6) is -0.762. The maximum atomic E-state index is 13.9. The summed E-state index contributed by atoms with van der Waals surface area (Å²) in [6, 6.07) is 9.66. The van der Waals surface area contributed by atoms with Crippen LogP contribution in [0.3, 0.4) is 0 Å². The molecule has 1 atom stereocenters. The number of thioether (sulfide) groups is 1. The van der Waals surface area contributed by atoms with E-state index in [1.54, 1.807) is 0 Å². The molecule has 0 spiro atoms. The minimum absolute atomic E-state index is 0.283. The summed E-state index contributed by atoms with van der Waals surface area (Å²) in [6.45, 7) is 3.82. The minimum Gasteiger partial charge on any atom is -0.325 e. The molecule has 0 fully saturated rings. The van der Waals surface area contributed by atoms with E-state index < -0.39 is 32.7 Å². The molecule has 0 aliphatic carbocycles. The number of hydrogen-bond acceptors (Lipinski definition) is 4. The van der Waals surface area contributed by atoms with Gasteiger partial charge in [-0.05, 0) is 67.7 Å². The van der Waals surface area contributed by atoms with E-state index in [9.17, 15) is 17.6 Å². The molecule has 5 nitrogen and oxygen atoms in total. The molecule has 2 aromatic rings. The Morgan fingerprint density at radius 3 is 2.37 bits per heavy atom. The molecule has 0 aliphatic heterocycles. The lowest BCUT2D eigenvalue weighted by molar-refractivity contribution is -0.117. The molecule has 0 aromatic heterocycles. The van der Waals surface area contributed by atoms with E-state index in [4.69, 9.17) is 0 Å². The summed E-state index contributed by atoms with van der Waals surface area (Å²) < 4.78 is 41.3. The molecule has 0 unspecified atom stereocenters. The lowest BCUT2D eigenvalue weighted by Crippen LogP contribution is -2.44. The number of aryl methyl sites for hydroxylation is 2. The summed E-state index contributed by atoms with van der Waals surface area (Å²) >= 11 is 1.49. The number of amides is 1. The van der Waals surface area contributed by atoms with Crippen molar-refractivity contribution < 1.29 is 17.6 Å². The first kappa shape index (κ1) is 21.4. The quantitative estimate of drug-likeness (QED) is 0.699. The van der Waals surface area contributed by atoms with E-state index in [1.807, 2.05) is 38.3 Å². The lowest BCUT2D eigenvalue weighted by atomic mass is 10.1. The fraction of sp³-hybridized carbons (Fsp3) is 0.316. The van der Waals surface area contributed by atoms with Crippen LogP contribution >= 0.6 is 11.8 Å². The van der Waals surface area contributed by atoms with E-state index in [1.165, 1.54) is 30.0 Å². The molecule has 8 heteroatoms. The third-order valence-electron chi connectivity index (χ3n) is 3.84. The molecular weight excluding hydrogens is 387 g/mol. The predicted octanol–water partition coefficient (Wildman–Crippen LogP) is 3.48. The zero-order valence-corrected chi connectivity index (χ0v) is 17.1. The van der Waals surface area contributed by atoms with E-state index in [0.29, 0.717) is 11.4 Å². The average molecular weight is 411 g/mol.